The van der Waals surface area contributed by atoms with Crippen LogP contribution in [0.2, 0.25) is 0 Å². The maximum Gasteiger partial charge on any atom is 0.244 e. The van der Waals surface area contributed by atoms with Gasteiger partial charge >= 0.3 is 0 Å². The van der Waals surface area contributed by atoms with Crippen LogP contribution in [0.4, 0.5) is 11.4 Å². The van der Waals surface area contributed by atoms with E-state index in [-0.39, 0.29) is 30.1 Å². The van der Waals surface area contributed by atoms with Gasteiger partial charge in [-0.1, -0.05) is 38.5 Å². The standard InChI is InChI=1S/C21H31N3O3.ClH/c1-27-18-11-10-16(23-20(26)21(22)12-6-3-7-13-21)14-17(18)24-19(25)15-8-4-2-5-9-15;/h10-11,14-15H,2-9,12-13,22H2,1H3,(H,23,26)(H,24,25);1H. The average Bonchev–Trinajstić information content (AvgIpc) is 2.69. The van der Waals surface area contributed by atoms with Crippen LogP contribution >= 0.6 is 12.4 Å². The number of hydrogen-bond acceptors (Lipinski definition) is 4. The van der Waals surface area contributed by atoms with Crippen LogP contribution in [0.15, 0.2) is 18.2 Å². The van der Waals surface area contributed by atoms with Crippen molar-refractivity contribution < 1.29 is 14.3 Å². The highest BCUT2D eigenvalue weighted by molar-refractivity contribution is 6.00. The fourth-order valence-corrected chi connectivity index (χ4v) is 4.15. The number of carbonyl (C=O) groups is 2. The molecule has 2 aliphatic carbocycles. The van der Waals surface area contributed by atoms with Gasteiger partial charge in [0.2, 0.25) is 11.8 Å². The minimum Gasteiger partial charge on any atom is -0.495 e. The first kappa shape index (κ1) is 22.5. The van der Waals surface area contributed by atoms with Crippen molar-refractivity contribution in [3.8, 4) is 5.75 Å². The summed E-state index contributed by atoms with van der Waals surface area (Å²) in [7, 11) is 1.57. The molecule has 156 valence electrons. The van der Waals surface area contributed by atoms with Crippen molar-refractivity contribution in [3.63, 3.8) is 0 Å². The van der Waals surface area contributed by atoms with Gasteiger partial charge in [0.15, 0.2) is 0 Å². The van der Waals surface area contributed by atoms with Gasteiger partial charge in [0.05, 0.1) is 18.3 Å². The minimum atomic E-state index is -0.802. The fraction of sp³-hybridized carbons (Fsp3) is 0.619. The number of rotatable bonds is 5. The summed E-state index contributed by atoms with van der Waals surface area (Å²) in [6, 6.07) is 5.29. The van der Waals surface area contributed by atoms with Gasteiger partial charge < -0.3 is 21.1 Å². The molecular weight excluding hydrogens is 378 g/mol. The molecule has 1 aromatic carbocycles. The molecule has 2 fully saturated rings. The van der Waals surface area contributed by atoms with Crippen LogP contribution in [-0.2, 0) is 9.59 Å². The number of carbonyl (C=O) groups excluding carboxylic acids is 2. The van der Waals surface area contributed by atoms with E-state index in [2.05, 4.69) is 10.6 Å². The third kappa shape index (κ3) is 5.39. The average molecular weight is 410 g/mol. The van der Waals surface area contributed by atoms with E-state index in [0.717, 1.165) is 44.9 Å². The molecular formula is C21H32ClN3O3. The van der Waals surface area contributed by atoms with E-state index in [1.165, 1.54) is 6.42 Å². The molecule has 0 unspecified atom stereocenters. The second kappa shape index (κ2) is 10.1. The number of benzene rings is 1. The summed E-state index contributed by atoms with van der Waals surface area (Å²) < 4.78 is 5.38. The number of amides is 2. The van der Waals surface area contributed by atoms with Crippen molar-refractivity contribution in [2.24, 2.45) is 11.7 Å². The van der Waals surface area contributed by atoms with Crippen LogP contribution in [0, 0.1) is 5.92 Å². The normalized spacial score (nSPS) is 19.2. The molecule has 0 spiro atoms. The highest BCUT2D eigenvalue weighted by Gasteiger charge is 2.35. The monoisotopic (exact) mass is 409 g/mol. The molecule has 0 bridgehead atoms. The van der Waals surface area contributed by atoms with Crippen LogP contribution in [-0.4, -0.2) is 24.5 Å². The smallest absolute Gasteiger partial charge is 0.244 e. The number of nitrogens with two attached hydrogens (primary N) is 1. The highest BCUT2D eigenvalue weighted by Crippen LogP contribution is 2.32. The molecule has 0 saturated heterocycles. The van der Waals surface area contributed by atoms with Crippen LogP contribution in [0.25, 0.3) is 0 Å². The zero-order valence-corrected chi connectivity index (χ0v) is 17.4. The molecule has 0 aliphatic heterocycles. The molecule has 28 heavy (non-hydrogen) atoms. The zero-order valence-electron chi connectivity index (χ0n) is 16.6. The molecule has 4 N–H and O–H groups in total. The lowest BCUT2D eigenvalue weighted by atomic mass is 9.82. The van der Waals surface area contributed by atoms with Gasteiger partial charge in [-0.05, 0) is 43.9 Å². The minimum absolute atomic E-state index is 0. The summed E-state index contributed by atoms with van der Waals surface area (Å²) in [5, 5.41) is 5.91. The third-order valence-corrected chi connectivity index (χ3v) is 5.89. The Bertz CT molecular complexity index is 683. The van der Waals surface area contributed by atoms with Gasteiger partial charge in [0, 0.05) is 11.6 Å². The molecule has 3 rings (SSSR count). The maximum absolute atomic E-state index is 12.7. The molecule has 6 nitrogen and oxygen atoms in total. The van der Waals surface area contributed by atoms with Crippen LogP contribution < -0.4 is 21.1 Å². The van der Waals surface area contributed by atoms with Gasteiger partial charge in [-0.2, -0.15) is 0 Å². The molecule has 2 aliphatic rings. The zero-order chi connectivity index (χ0) is 19.3. The Hall–Kier alpha value is -1.79. The maximum atomic E-state index is 12.7. The van der Waals surface area contributed by atoms with E-state index in [1.807, 2.05) is 0 Å². The van der Waals surface area contributed by atoms with Gasteiger partial charge in [-0.15, -0.1) is 12.4 Å². The van der Waals surface area contributed by atoms with E-state index in [1.54, 1.807) is 25.3 Å². The van der Waals surface area contributed by atoms with Crippen molar-refractivity contribution in [2.45, 2.75) is 69.7 Å². The molecule has 0 atom stereocenters. The second-order valence-corrected chi connectivity index (χ2v) is 7.91. The topological polar surface area (TPSA) is 93.4 Å². The first-order valence-corrected chi connectivity index (χ1v) is 10.1. The number of anilines is 2. The van der Waals surface area contributed by atoms with E-state index in [9.17, 15) is 9.59 Å². The highest BCUT2D eigenvalue weighted by atomic mass is 35.5. The number of halogens is 1. The molecule has 2 saturated carbocycles. The lowest BCUT2D eigenvalue weighted by Crippen LogP contribution is -2.52. The quantitative estimate of drug-likeness (QED) is 0.678. The lowest BCUT2D eigenvalue weighted by Gasteiger charge is -2.31. The Kier molecular flexibility index (Phi) is 8.13. The lowest BCUT2D eigenvalue weighted by molar-refractivity contribution is -0.122. The number of hydrogen-bond donors (Lipinski definition) is 3. The predicted molar refractivity (Wildman–Crippen MR) is 114 cm³/mol. The Labute approximate surface area is 173 Å². The van der Waals surface area contributed by atoms with Gasteiger partial charge in [0.1, 0.15) is 5.75 Å². The Morgan fingerprint density at radius 1 is 1.04 bits per heavy atom. The van der Waals surface area contributed by atoms with Crippen LogP contribution in [0.1, 0.15) is 64.2 Å². The Morgan fingerprint density at radius 2 is 1.68 bits per heavy atom. The predicted octanol–water partition coefficient (Wildman–Crippen LogP) is 4.24. The van der Waals surface area contributed by atoms with Crippen LogP contribution in [0.5, 0.6) is 5.75 Å². The number of nitrogens with one attached hydrogen (secondary N) is 2. The van der Waals surface area contributed by atoms with Crippen molar-refractivity contribution in [1.82, 2.24) is 0 Å². The summed E-state index contributed by atoms with van der Waals surface area (Å²) in [4.78, 5) is 25.3. The molecule has 0 radical (unpaired) electrons. The Balaban J connectivity index is 0.00000280. The van der Waals surface area contributed by atoms with E-state index in [0.29, 0.717) is 30.0 Å². The van der Waals surface area contributed by atoms with Crippen LogP contribution in [0.3, 0.4) is 0 Å². The van der Waals surface area contributed by atoms with Crippen molar-refractivity contribution in [2.75, 3.05) is 17.7 Å². The van der Waals surface area contributed by atoms with E-state index >= 15 is 0 Å². The fourth-order valence-electron chi connectivity index (χ4n) is 4.15. The summed E-state index contributed by atoms with van der Waals surface area (Å²) >= 11 is 0. The number of ether oxygens (including phenoxy) is 1. The Morgan fingerprint density at radius 3 is 2.32 bits per heavy atom. The second-order valence-electron chi connectivity index (χ2n) is 7.91. The van der Waals surface area contributed by atoms with E-state index < -0.39 is 5.54 Å². The SMILES string of the molecule is COc1ccc(NC(=O)C2(N)CCCCC2)cc1NC(=O)C1CCCCC1.Cl. The first-order chi connectivity index (χ1) is 13.0. The van der Waals surface area contributed by atoms with Gasteiger partial charge in [0.25, 0.3) is 0 Å². The number of methoxy groups -OCH3 is 1. The van der Waals surface area contributed by atoms with Crippen molar-refractivity contribution in [3.05, 3.63) is 18.2 Å². The van der Waals surface area contributed by atoms with Gasteiger partial charge in [-0.3, -0.25) is 9.59 Å². The summed E-state index contributed by atoms with van der Waals surface area (Å²) in [5.41, 5.74) is 6.72. The van der Waals surface area contributed by atoms with Crippen molar-refractivity contribution in [1.29, 1.82) is 0 Å². The first-order valence-electron chi connectivity index (χ1n) is 10.1. The summed E-state index contributed by atoms with van der Waals surface area (Å²) in [6.07, 6.45) is 9.78. The van der Waals surface area contributed by atoms with E-state index in [4.69, 9.17) is 10.5 Å². The molecule has 0 heterocycles. The van der Waals surface area contributed by atoms with Crippen molar-refractivity contribution >= 4 is 35.6 Å². The largest absolute Gasteiger partial charge is 0.495 e. The molecule has 2 amide bonds. The third-order valence-electron chi connectivity index (χ3n) is 5.89. The summed E-state index contributed by atoms with van der Waals surface area (Å²) in [5.74, 6) is 0.504. The van der Waals surface area contributed by atoms with Gasteiger partial charge in [-0.25, -0.2) is 0 Å². The molecule has 0 aromatic heterocycles. The molecule has 7 heteroatoms. The summed E-state index contributed by atoms with van der Waals surface area (Å²) in [6.45, 7) is 0. The molecule has 1 aromatic rings.